The van der Waals surface area contributed by atoms with E-state index < -0.39 is 17.7 Å². The zero-order chi connectivity index (χ0) is 24.7. The smallest absolute Gasteiger partial charge is 0.301 e. The molecule has 1 unspecified atom stereocenters. The van der Waals surface area contributed by atoms with Crippen LogP contribution in [0.15, 0.2) is 71.6 Å². The zero-order valence-electron chi connectivity index (χ0n) is 19.3. The minimum atomic E-state index is -0.900. The SMILES string of the molecule is COc1ccc2cc(/C(O)=C3\C(=O)C(=O)N(c4nc(C)cs4)C3c3ccccc3OC)ccc2c1. The third-order valence-electron chi connectivity index (χ3n) is 6.01. The number of aliphatic hydroxyl groups is 1. The van der Waals surface area contributed by atoms with E-state index in [0.29, 0.717) is 22.0 Å². The molecule has 7 nitrogen and oxygen atoms in total. The Morgan fingerprint density at radius 2 is 1.74 bits per heavy atom. The Hall–Kier alpha value is -4.17. The number of ketones is 1. The van der Waals surface area contributed by atoms with Crippen molar-refractivity contribution in [3.05, 3.63) is 88.4 Å². The number of hydrogen-bond acceptors (Lipinski definition) is 7. The quantitative estimate of drug-likeness (QED) is 0.236. The number of hydrogen-bond donors (Lipinski definition) is 1. The highest BCUT2D eigenvalue weighted by Gasteiger charge is 2.49. The molecule has 0 bridgehead atoms. The molecule has 5 rings (SSSR count). The van der Waals surface area contributed by atoms with E-state index in [-0.39, 0.29) is 11.3 Å². The Kier molecular flexibility index (Phi) is 5.74. The van der Waals surface area contributed by atoms with Gasteiger partial charge in [-0.15, -0.1) is 11.3 Å². The van der Waals surface area contributed by atoms with Gasteiger partial charge in [-0.05, 0) is 42.0 Å². The van der Waals surface area contributed by atoms with Gasteiger partial charge in [0, 0.05) is 16.5 Å². The number of aliphatic hydroxyl groups excluding tert-OH is 1. The average Bonchev–Trinajstić information content (AvgIpc) is 3.42. The molecule has 3 aromatic carbocycles. The van der Waals surface area contributed by atoms with Crippen LogP contribution in [-0.4, -0.2) is 36.0 Å². The van der Waals surface area contributed by atoms with Crippen molar-refractivity contribution in [3.8, 4) is 11.5 Å². The Labute approximate surface area is 205 Å². The van der Waals surface area contributed by atoms with Crippen LogP contribution in [0.25, 0.3) is 16.5 Å². The van der Waals surface area contributed by atoms with E-state index in [4.69, 9.17) is 9.47 Å². The van der Waals surface area contributed by atoms with Crippen molar-refractivity contribution in [2.75, 3.05) is 19.1 Å². The van der Waals surface area contributed by atoms with Crippen molar-refractivity contribution in [1.29, 1.82) is 0 Å². The number of fused-ring (bicyclic) bond motifs is 1. The minimum absolute atomic E-state index is 0.0137. The maximum Gasteiger partial charge on any atom is 0.301 e. The lowest BCUT2D eigenvalue weighted by Gasteiger charge is -2.24. The second-order valence-corrected chi connectivity index (χ2v) is 8.95. The number of amides is 1. The number of rotatable bonds is 5. The molecule has 4 aromatic rings. The van der Waals surface area contributed by atoms with E-state index in [9.17, 15) is 14.7 Å². The van der Waals surface area contributed by atoms with Crippen molar-refractivity contribution in [2.45, 2.75) is 13.0 Å². The summed E-state index contributed by atoms with van der Waals surface area (Å²) in [6, 6.07) is 17.2. The number of thiazole rings is 1. The Morgan fingerprint density at radius 3 is 2.46 bits per heavy atom. The van der Waals surface area contributed by atoms with E-state index >= 15 is 0 Å². The van der Waals surface area contributed by atoms with Crippen LogP contribution < -0.4 is 14.4 Å². The van der Waals surface area contributed by atoms with Gasteiger partial charge in [0.2, 0.25) is 0 Å². The molecule has 1 saturated heterocycles. The van der Waals surface area contributed by atoms with E-state index in [1.54, 1.807) is 43.5 Å². The monoisotopic (exact) mass is 486 g/mol. The highest BCUT2D eigenvalue weighted by molar-refractivity contribution is 7.14. The summed E-state index contributed by atoms with van der Waals surface area (Å²) in [7, 11) is 3.12. The summed E-state index contributed by atoms with van der Waals surface area (Å²) in [5, 5.41) is 15.4. The van der Waals surface area contributed by atoms with Crippen LogP contribution in [0.5, 0.6) is 11.5 Å². The predicted molar refractivity (Wildman–Crippen MR) is 135 cm³/mol. The van der Waals surface area contributed by atoms with Crippen LogP contribution >= 0.6 is 11.3 Å². The normalized spacial score (nSPS) is 17.2. The molecule has 1 fully saturated rings. The first-order chi connectivity index (χ1) is 16.9. The standard InChI is InChI=1S/C27H22N2O5S/c1-15-14-35-27(28-15)29-23(20-6-4-5-7-21(20)34-3)22(25(31)26(29)32)24(30)18-9-8-17-13-19(33-2)11-10-16(17)12-18/h4-14,23,30H,1-3H3/b24-22+. The molecule has 0 aliphatic carbocycles. The maximum atomic E-state index is 13.4. The number of methoxy groups -OCH3 is 2. The first-order valence-electron chi connectivity index (χ1n) is 10.9. The van der Waals surface area contributed by atoms with Crippen LogP contribution in [0.2, 0.25) is 0 Å². The van der Waals surface area contributed by atoms with Gasteiger partial charge >= 0.3 is 5.91 Å². The lowest BCUT2D eigenvalue weighted by atomic mass is 9.94. The molecule has 1 atom stereocenters. The average molecular weight is 487 g/mol. The van der Waals surface area contributed by atoms with E-state index in [1.807, 2.05) is 36.6 Å². The third-order valence-corrected chi connectivity index (χ3v) is 6.97. The topological polar surface area (TPSA) is 89.0 Å². The van der Waals surface area contributed by atoms with Crippen molar-refractivity contribution < 1.29 is 24.2 Å². The molecule has 0 saturated carbocycles. The third kappa shape index (κ3) is 3.81. The summed E-state index contributed by atoms with van der Waals surface area (Å²) >= 11 is 1.26. The minimum Gasteiger partial charge on any atom is -0.507 e. The van der Waals surface area contributed by atoms with Gasteiger partial charge in [0.05, 0.1) is 25.5 Å². The fourth-order valence-electron chi connectivity index (χ4n) is 4.32. The van der Waals surface area contributed by atoms with Gasteiger partial charge in [-0.2, -0.15) is 0 Å². The van der Waals surface area contributed by atoms with Gasteiger partial charge in [0.1, 0.15) is 23.3 Å². The number of Topliss-reactive ketones (excluding diaryl/α,β-unsaturated/α-hetero) is 1. The summed E-state index contributed by atoms with van der Waals surface area (Å²) in [6.45, 7) is 1.82. The number of anilines is 1. The fraction of sp³-hybridized carbons (Fsp3) is 0.148. The van der Waals surface area contributed by atoms with Crippen molar-refractivity contribution in [1.82, 2.24) is 4.98 Å². The summed E-state index contributed by atoms with van der Waals surface area (Å²) in [4.78, 5) is 32.4. The summed E-state index contributed by atoms with van der Waals surface area (Å²) in [5.74, 6) is -0.569. The summed E-state index contributed by atoms with van der Waals surface area (Å²) in [6.07, 6.45) is 0. The highest BCUT2D eigenvalue weighted by Crippen LogP contribution is 2.45. The van der Waals surface area contributed by atoms with Gasteiger partial charge in [0.15, 0.2) is 5.13 Å². The number of aromatic nitrogens is 1. The summed E-state index contributed by atoms with van der Waals surface area (Å²) in [5.41, 5.74) is 1.72. The lowest BCUT2D eigenvalue weighted by molar-refractivity contribution is -0.132. The fourth-order valence-corrected chi connectivity index (χ4v) is 5.15. The van der Waals surface area contributed by atoms with Crippen LogP contribution in [0.1, 0.15) is 22.9 Å². The molecule has 2 heterocycles. The van der Waals surface area contributed by atoms with Crippen molar-refractivity contribution >= 4 is 44.7 Å². The Bertz CT molecular complexity index is 1510. The molecule has 0 spiro atoms. The Balaban J connectivity index is 1.72. The van der Waals surface area contributed by atoms with Gasteiger partial charge in [-0.25, -0.2) is 4.98 Å². The van der Waals surface area contributed by atoms with Crippen LogP contribution in [0, 0.1) is 6.92 Å². The number of carbonyl (C=O) groups is 2. The number of ether oxygens (including phenoxy) is 2. The van der Waals surface area contributed by atoms with Crippen LogP contribution in [0.3, 0.4) is 0 Å². The molecule has 8 heteroatoms. The molecule has 1 amide bonds. The lowest BCUT2D eigenvalue weighted by Crippen LogP contribution is -2.29. The molecule has 0 radical (unpaired) electrons. The van der Waals surface area contributed by atoms with Crippen LogP contribution in [-0.2, 0) is 9.59 Å². The molecular formula is C27H22N2O5S. The highest BCUT2D eigenvalue weighted by atomic mass is 32.1. The second-order valence-electron chi connectivity index (χ2n) is 8.11. The molecule has 1 aromatic heterocycles. The molecule has 1 N–H and O–H groups in total. The Morgan fingerprint density at radius 1 is 1.00 bits per heavy atom. The molecule has 176 valence electrons. The maximum absolute atomic E-state index is 13.4. The second kappa shape index (κ2) is 8.88. The van der Waals surface area contributed by atoms with E-state index in [1.165, 1.54) is 23.3 Å². The van der Waals surface area contributed by atoms with E-state index in [0.717, 1.165) is 22.2 Å². The first kappa shape index (κ1) is 22.6. The van der Waals surface area contributed by atoms with Crippen molar-refractivity contribution in [2.24, 2.45) is 0 Å². The first-order valence-corrected chi connectivity index (χ1v) is 11.7. The molecule has 35 heavy (non-hydrogen) atoms. The number of nitrogens with zero attached hydrogens (tertiary/aromatic N) is 2. The number of carbonyl (C=O) groups excluding carboxylic acids is 2. The summed E-state index contributed by atoms with van der Waals surface area (Å²) < 4.78 is 10.8. The molecule has 1 aliphatic rings. The van der Waals surface area contributed by atoms with Crippen molar-refractivity contribution in [3.63, 3.8) is 0 Å². The number of para-hydroxylation sites is 1. The molecular weight excluding hydrogens is 464 g/mol. The van der Waals surface area contributed by atoms with E-state index in [2.05, 4.69) is 4.98 Å². The van der Waals surface area contributed by atoms with Gasteiger partial charge in [0.25, 0.3) is 5.78 Å². The predicted octanol–water partition coefficient (Wildman–Crippen LogP) is 5.25. The largest absolute Gasteiger partial charge is 0.507 e. The van der Waals surface area contributed by atoms with Gasteiger partial charge < -0.3 is 14.6 Å². The number of aryl methyl sites for hydroxylation is 1. The van der Waals surface area contributed by atoms with Gasteiger partial charge in [-0.1, -0.05) is 36.4 Å². The molecule has 1 aliphatic heterocycles. The zero-order valence-corrected chi connectivity index (χ0v) is 20.1. The van der Waals surface area contributed by atoms with Gasteiger partial charge in [-0.3, -0.25) is 14.5 Å². The number of benzene rings is 3. The van der Waals surface area contributed by atoms with Crippen LogP contribution in [0.4, 0.5) is 5.13 Å².